The molecular formula is C18H19N3O5. The quantitative estimate of drug-likeness (QED) is 0.815. The van der Waals surface area contributed by atoms with Crippen molar-refractivity contribution in [3.63, 3.8) is 0 Å². The predicted octanol–water partition coefficient (Wildman–Crippen LogP) is 2.23. The van der Waals surface area contributed by atoms with Gasteiger partial charge in [0.2, 0.25) is 0 Å². The largest absolute Gasteiger partial charge is 0.493 e. The van der Waals surface area contributed by atoms with Gasteiger partial charge in [-0.05, 0) is 43.0 Å². The van der Waals surface area contributed by atoms with Crippen LogP contribution in [0.3, 0.4) is 0 Å². The Morgan fingerprint density at radius 3 is 2.38 bits per heavy atom. The first-order valence-electron chi connectivity index (χ1n) is 8.29. The van der Waals surface area contributed by atoms with Gasteiger partial charge in [0.25, 0.3) is 5.91 Å². The number of nitrogens with zero attached hydrogens (tertiary/aromatic N) is 2. The second-order valence-electron chi connectivity index (χ2n) is 5.94. The number of ether oxygens (including phenoxy) is 2. The van der Waals surface area contributed by atoms with Crippen molar-refractivity contribution in [2.24, 2.45) is 5.92 Å². The third-order valence-corrected chi connectivity index (χ3v) is 4.04. The highest BCUT2D eigenvalue weighted by atomic mass is 16.5. The molecule has 0 unspecified atom stereocenters. The third-order valence-electron chi connectivity index (χ3n) is 4.04. The van der Waals surface area contributed by atoms with Crippen LogP contribution < -0.4 is 10.1 Å². The van der Waals surface area contributed by atoms with E-state index in [1.807, 2.05) is 0 Å². The smallest absolute Gasteiger partial charge is 0.356 e. The average molecular weight is 357 g/mol. The highest BCUT2D eigenvalue weighted by Crippen LogP contribution is 2.20. The summed E-state index contributed by atoms with van der Waals surface area (Å²) in [4.78, 5) is 30.3. The van der Waals surface area contributed by atoms with Gasteiger partial charge in [0, 0.05) is 18.9 Å². The van der Waals surface area contributed by atoms with Gasteiger partial charge in [0.15, 0.2) is 5.69 Å². The second kappa shape index (κ2) is 8.39. The van der Waals surface area contributed by atoms with E-state index in [-0.39, 0.29) is 11.4 Å². The lowest BCUT2D eigenvalue weighted by Crippen LogP contribution is -2.21. The molecule has 8 heteroatoms. The minimum Gasteiger partial charge on any atom is -0.493 e. The molecule has 1 aromatic heterocycles. The van der Waals surface area contributed by atoms with Gasteiger partial charge in [-0.3, -0.25) is 4.79 Å². The third kappa shape index (κ3) is 4.76. The Labute approximate surface area is 150 Å². The molecule has 1 saturated heterocycles. The van der Waals surface area contributed by atoms with E-state index in [1.54, 1.807) is 24.3 Å². The highest BCUT2D eigenvalue weighted by Gasteiger charge is 2.14. The number of carboxylic acid groups (broad SMARTS) is 1. The van der Waals surface area contributed by atoms with Crippen molar-refractivity contribution in [1.82, 2.24) is 9.97 Å². The molecule has 2 heterocycles. The van der Waals surface area contributed by atoms with Crippen LogP contribution in [-0.4, -0.2) is 46.8 Å². The minimum atomic E-state index is -1.19. The summed E-state index contributed by atoms with van der Waals surface area (Å²) in [5.41, 5.74) is 0.403. The first-order valence-corrected chi connectivity index (χ1v) is 8.29. The average Bonchev–Trinajstić information content (AvgIpc) is 2.68. The zero-order valence-electron chi connectivity index (χ0n) is 14.1. The number of carbonyl (C=O) groups excluding carboxylic acids is 1. The lowest BCUT2D eigenvalue weighted by molar-refractivity contribution is 0.0497. The zero-order valence-corrected chi connectivity index (χ0v) is 14.1. The second-order valence-corrected chi connectivity index (χ2v) is 5.94. The summed E-state index contributed by atoms with van der Waals surface area (Å²) >= 11 is 0. The SMILES string of the molecule is O=C(O)c1cnc(C(=O)Nc2ccc(OCC3CCOCC3)cc2)cn1. The van der Waals surface area contributed by atoms with Crippen LogP contribution in [0.25, 0.3) is 0 Å². The van der Waals surface area contributed by atoms with Gasteiger partial charge in [-0.1, -0.05) is 0 Å². The molecule has 26 heavy (non-hydrogen) atoms. The molecule has 0 radical (unpaired) electrons. The number of nitrogens with one attached hydrogen (secondary N) is 1. The number of aromatic carboxylic acids is 1. The molecule has 3 rings (SSSR count). The van der Waals surface area contributed by atoms with Gasteiger partial charge < -0.3 is 19.9 Å². The van der Waals surface area contributed by atoms with E-state index in [0.29, 0.717) is 18.2 Å². The Bertz CT molecular complexity index is 755. The number of aromatic nitrogens is 2. The Balaban J connectivity index is 1.53. The fourth-order valence-electron chi connectivity index (χ4n) is 2.51. The summed E-state index contributed by atoms with van der Waals surface area (Å²) in [5.74, 6) is -0.415. The van der Waals surface area contributed by atoms with Crippen molar-refractivity contribution in [3.8, 4) is 5.75 Å². The van der Waals surface area contributed by atoms with Gasteiger partial charge in [0.05, 0.1) is 19.0 Å². The number of carbonyl (C=O) groups is 2. The first-order chi connectivity index (χ1) is 12.6. The lowest BCUT2D eigenvalue weighted by Gasteiger charge is -2.22. The molecule has 1 fully saturated rings. The van der Waals surface area contributed by atoms with E-state index in [4.69, 9.17) is 14.6 Å². The number of amides is 1. The normalized spacial score (nSPS) is 14.6. The Morgan fingerprint density at radius 2 is 1.77 bits per heavy atom. The van der Waals surface area contributed by atoms with E-state index >= 15 is 0 Å². The summed E-state index contributed by atoms with van der Waals surface area (Å²) < 4.78 is 11.1. The summed E-state index contributed by atoms with van der Waals surface area (Å²) in [6.07, 6.45) is 4.19. The predicted molar refractivity (Wildman–Crippen MR) is 92.4 cm³/mol. The molecule has 0 aliphatic carbocycles. The lowest BCUT2D eigenvalue weighted by atomic mass is 10.0. The standard InChI is InChI=1S/C18H19N3O5/c22-17(15-9-20-16(10-19-15)18(23)24)21-13-1-3-14(4-2-13)26-11-12-5-7-25-8-6-12/h1-4,9-10,12H,5-8,11H2,(H,21,22)(H,23,24). The summed E-state index contributed by atoms with van der Waals surface area (Å²) in [7, 11) is 0. The van der Waals surface area contributed by atoms with E-state index in [0.717, 1.165) is 44.2 Å². The summed E-state index contributed by atoms with van der Waals surface area (Å²) in [6, 6.07) is 7.04. The minimum absolute atomic E-state index is 0.0369. The van der Waals surface area contributed by atoms with Crippen molar-refractivity contribution in [1.29, 1.82) is 0 Å². The van der Waals surface area contributed by atoms with E-state index in [9.17, 15) is 9.59 Å². The van der Waals surface area contributed by atoms with Gasteiger partial charge >= 0.3 is 5.97 Å². The molecular weight excluding hydrogens is 338 g/mol. The van der Waals surface area contributed by atoms with Crippen LogP contribution in [0.5, 0.6) is 5.75 Å². The number of carboxylic acids is 1. The molecule has 1 aromatic carbocycles. The van der Waals surface area contributed by atoms with Crippen LogP contribution in [0, 0.1) is 5.92 Å². The molecule has 8 nitrogen and oxygen atoms in total. The monoisotopic (exact) mass is 357 g/mol. The molecule has 0 atom stereocenters. The number of benzene rings is 1. The topological polar surface area (TPSA) is 111 Å². The van der Waals surface area contributed by atoms with Crippen molar-refractivity contribution in [3.05, 3.63) is 48.0 Å². The maximum absolute atomic E-state index is 12.1. The number of hydrogen-bond donors (Lipinski definition) is 2. The van der Waals surface area contributed by atoms with Gasteiger partial charge in [0.1, 0.15) is 11.4 Å². The van der Waals surface area contributed by atoms with E-state index in [2.05, 4.69) is 15.3 Å². The maximum atomic E-state index is 12.1. The fourth-order valence-corrected chi connectivity index (χ4v) is 2.51. The molecule has 136 valence electrons. The Kier molecular flexibility index (Phi) is 5.75. The van der Waals surface area contributed by atoms with E-state index in [1.165, 1.54) is 0 Å². The van der Waals surface area contributed by atoms with E-state index < -0.39 is 11.9 Å². The number of hydrogen-bond acceptors (Lipinski definition) is 6. The highest BCUT2D eigenvalue weighted by molar-refractivity contribution is 6.02. The molecule has 2 N–H and O–H groups in total. The van der Waals surface area contributed by atoms with Crippen LogP contribution in [0.15, 0.2) is 36.7 Å². The van der Waals surface area contributed by atoms with Crippen LogP contribution in [0.2, 0.25) is 0 Å². The molecule has 1 aliphatic heterocycles. The van der Waals surface area contributed by atoms with Gasteiger partial charge in [-0.2, -0.15) is 0 Å². The van der Waals surface area contributed by atoms with Crippen LogP contribution in [0.1, 0.15) is 33.8 Å². The van der Waals surface area contributed by atoms with Crippen LogP contribution >= 0.6 is 0 Å². The molecule has 0 bridgehead atoms. The van der Waals surface area contributed by atoms with Crippen LogP contribution in [0.4, 0.5) is 5.69 Å². The fraction of sp³-hybridized carbons (Fsp3) is 0.333. The number of anilines is 1. The molecule has 2 aromatic rings. The summed E-state index contributed by atoms with van der Waals surface area (Å²) in [5, 5.41) is 11.5. The summed E-state index contributed by atoms with van der Waals surface area (Å²) in [6.45, 7) is 2.23. The molecule has 1 amide bonds. The maximum Gasteiger partial charge on any atom is 0.356 e. The van der Waals surface area contributed by atoms with Gasteiger partial charge in [-0.15, -0.1) is 0 Å². The first kappa shape index (κ1) is 17.8. The van der Waals surface area contributed by atoms with Gasteiger partial charge in [-0.25, -0.2) is 14.8 Å². The Morgan fingerprint density at radius 1 is 1.12 bits per heavy atom. The molecule has 1 aliphatic rings. The number of rotatable bonds is 6. The Hall–Kier alpha value is -3.00. The van der Waals surface area contributed by atoms with Crippen molar-refractivity contribution >= 4 is 17.6 Å². The van der Waals surface area contributed by atoms with Crippen molar-refractivity contribution in [2.75, 3.05) is 25.1 Å². The van der Waals surface area contributed by atoms with Crippen molar-refractivity contribution < 1.29 is 24.2 Å². The molecule has 0 saturated carbocycles. The van der Waals surface area contributed by atoms with Crippen LogP contribution in [-0.2, 0) is 4.74 Å². The molecule has 0 spiro atoms. The zero-order chi connectivity index (χ0) is 18.4. The van der Waals surface area contributed by atoms with Crippen molar-refractivity contribution in [2.45, 2.75) is 12.8 Å².